The van der Waals surface area contributed by atoms with Crippen LogP contribution in [-0.2, 0) is 10.0 Å². The van der Waals surface area contributed by atoms with Gasteiger partial charge in [-0.3, -0.25) is 4.79 Å². The minimum Gasteiger partial charge on any atom is -0.351 e. The van der Waals surface area contributed by atoms with Gasteiger partial charge in [-0.2, -0.15) is 4.31 Å². The Balaban J connectivity index is 2.31. The second kappa shape index (κ2) is 7.32. The molecular weight excluding hydrogens is 332 g/mol. The summed E-state index contributed by atoms with van der Waals surface area (Å²) in [7, 11) is -3.65. The van der Waals surface area contributed by atoms with Crippen LogP contribution in [0, 0.1) is 5.92 Å². The highest BCUT2D eigenvalue weighted by Gasteiger charge is 2.38. The standard InChI is InChI=1S/C16H26N2O3S2/c1-11(2)10-17-16(19)15-14(8-9-22-15)23(20,21)18-12(3)6-5-7-13(18)4/h8-9,11-13H,5-7,10H2,1-4H3,(H,17,19)/t12-,13-/m1/s1. The molecular formula is C16H26N2O3S2. The van der Waals surface area contributed by atoms with E-state index in [2.05, 4.69) is 5.32 Å². The van der Waals surface area contributed by atoms with Gasteiger partial charge in [-0.05, 0) is 44.1 Å². The molecule has 0 radical (unpaired) electrons. The molecule has 1 aliphatic heterocycles. The lowest BCUT2D eigenvalue weighted by molar-refractivity contribution is 0.0949. The summed E-state index contributed by atoms with van der Waals surface area (Å²) in [5, 5.41) is 4.49. The molecule has 1 aliphatic rings. The number of carbonyl (C=O) groups excluding carboxylic acids is 1. The fourth-order valence-electron chi connectivity index (χ4n) is 3.03. The van der Waals surface area contributed by atoms with Crippen molar-refractivity contribution in [2.24, 2.45) is 5.92 Å². The molecule has 1 N–H and O–H groups in total. The van der Waals surface area contributed by atoms with E-state index < -0.39 is 10.0 Å². The lowest BCUT2D eigenvalue weighted by atomic mass is 10.0. The fourth-order valence-corrected chi connectivity index (χ4v) is 6.23. The second-order valence-corrected chi connectivity index (χ2v) is 9.41. The van der Waals surface area contributed by atoms with Crippen molar-refractivity contribution in [2.75, 3.05) is 6.54 Å². The Hall–Kier alpha value is -0.920. The molecule has 2 atom stereocenters. The van der Waals surface area contributed by atoms with Gasteiger partial charge in [-0.1, -0.05) is 20.3 Å². The van der Waals surface area contributed by atoms with Crippen LogP contribution in [0.5, 0.6) is 0 Å². The number of carbonyl (C=O) groups is 1. The first-order valence-electron chi connectivity index (χ1n) is 8.14. The van der Waals surface area contributed by atoms with Crippen LogP contribution in [-0.4, -0.2) is 37.3 Å². The minimum absolute atomic E-state index is 0.0322. The van der Waals surface area contributed by atoms with Gasteiger partial charge in [0, 0.05) is 18.6 Å². The van der Waals surface area contributed by atoms with Crippen LogP contribution in [0.2, 0.25) is 0 Å². The molecule has 1 aromatic rings. The monoisotopic (exact) mass is 358 g/mol. The Bertz CT molecular complexity index is 642. The number of nitrogens with one attached hydrogen (secondary N) is 1. The maximum absolute atomic E-state index is 13.1. The summed E-state index contributed by atoms with van der Waals surface area (Å²) in [6.45, 7) is 8.43. The average molecular weight is 359 g/mol. The molecule has 1 aromatic heterocycles. The zero-order valence-corrected chi connectivity index (χ0v) is 15.8. The summed E-state index contributed by atoms with van der Waals surface area (Å²) < 4.78 is 27.8. The van der Waals surface area contributed by atoms with Gasteiger partial charge in [0.2, 0.25) is 10.0 Å². The third-order valence-corrected chi connectivity index (χ3v) is 7.39. The number of rotatable bonds is 5. The molecule has 2 heterocycles. The van der Waals surface area contributed by atoms with Gasteiger partial charge >= 0.3 is 0 Å². The smallest absolute Gasteiger partial charge is 0.262 e. The summed E-state index contributed by atoms with van der Waals surface area (Å²) in [6.07, 6.45) is 2.77. The van der Waals surface area contributed by atoms with Crippen molar-refractivity contribution in [3.8, 4) is 0 Å². The van der Waals surface area contributed by atoms with E-state index in [9.17, 15) is 13.2 Å². The van der Waals surface area contributed by atoms with E-state index in [1.165, 1.54) is 11.3 Å². The number of sulfonamides is 1. The molecule has 0 aromatic carbocycles. The molecule has 7 heteroatoms. The Labute approximate surface area is 143 Å². The maximum atomic E-state index is 13.1. The molecule has 0 saturated carbocycles. The fraction of sp³-hybridized carbons (Fsp3) is 0.688. The molecule has 0 bridgehead atoms. The molecule has 0 aliphatic carbocycles. The van der Waals surface area contributed by atoms with Crippen molar-refractivity contribution >= 4 is 27.3 Å². The van der Waals surface area contributed by atoms with Gasteiger partial charge in [0.05, 0.1) is 0 Å². The van der Waals surface area contributed by atoms with E-state index >= 15 is 0 Å². The first-order valence-corrected chi connectivity index (χ1v) is 10.5. The molecule has 0 unspecified atom stereocenters. The number of hydrogen-bond donors (Lipinski definition) is 1. The number of thiophene rings is 1. The normalized spacial score (nSPS) is 23.2. The van der Waals surface area contributed by atoms with Gasteiger partial charge in [-0.15, -0.1) is 11.3 Å². The van der Waals surface area contributed by atoms with E-state index in [-0.39, 0.29) is 27.8 Å². The van der Waals surface area contributed by atoms with Crippen molar-refractivity contribution in [1.29, 1.82) is 0 Å². The van der Waals surface area contributed by atoms with Crippen molar-refractivity contribution < 1.29 is 13.2 Å². The third-order valence-electron chi connectivity index (χ3n) is 4.17. The number of piperidine rings is 1. The van der Waals surface area contributed by atoms with Crippen LogP contribution in [0.15, 0.2) is 16.3 Å². The van der Waals surface area contributed by atoms with Crippen molar-refractivity contribution in [2.45, 2.75) is 63.9 Å². The van der Waals surface area contributed by atoms with E-state index in [1.54, 1.807) is 15.8 Å². The van der Waals surface area contributed by atoms with Crippen molar-refractivity contribution in [3.63, 3.8) is 0 Å². The van der Waals surface area contributed by atoms with Crippen LogP contribution < -0.4 is 5.32 Å². The summed E-state index contributed by atoms with van der Waals surface area (Å²) in [5.41, 5.74) is 0. The summed E-state index contributed by atoms with van der Waals surface area (Å²) in [6, 6.07) is 1.49. The largest absolute Gasteiger partial charge is 0.351 e. The van der Waals surface area contributed by atoms with Crippen LogP contribution >= 0.6 is 11.3 Å². The summed E-state index contributed by atoms with van der Waals surface area (Å²) in [5.74, 6) is 0.0192. The first kappa shape index (κ1) is 18.4. The van der Waals surface area contributed by atoms with E-state index in [0.717, 1.165) is 19.3 Å². The molecule has 23 heavy (non-hydrogen) atoms. The quantitative estimate of drug-likeness (QED) is 0.879. The highest BCUT2D eigenvalue weighted by molar-refractivity contribution is 7.89. The zero-order chi connectivity index (χ0) is 17.2. The molecule has 130 valence electrons. The van der Waals surface area contributed by atoms with Gasteiger partial charge in [0.25, 0.3) is 5.91 Å². The number of amides is 1. The number of nitrogens with zero attached hydrogens (tertiary/aromatic N) is 1. The van der Waals surface area contributed by atoms with Crippen LogP contribution in [0.3, 0.4) is 0 Å². The van der Waals surface area contributed by atoms with Gasteiger partial charge in [0.15, 0.2) is 0 Å². The second-order valence-electron chi connectivity index (χ2n) is 6.68. The Morgan fingerprint density at radius 3 is 2.52 bits per heavy atom. The summed E-state index contributed by atoms with van der Waals surface area (Å²) >= 11 is 1.18. The van der Waals surface area contributed by atoms with Crippen LogP contribution in [0.25, 0.3) is 0 Å². The van der Waals surface area contributed by atoms with E-state index in [0.29, 0.717) is 12.5 Å². The van der Waals surface area contributed by atoms with Crippen LogP contribution in [0.4, 0.5) is 0 Å². The Morgan fingerprint density at radius 1 is 1.35 bits per heavy atom. The highest BCUT2D eigenvalue weighted by Crippen LogP contribution is 2.32. The molecule has 1 amide bonds. The molecule has 0 spiro atoms. The Kier molecular flexibility index (Phi) is 5.86. The topological polar surface area (TPSA) is 66.5 Å². The van der Waals surface area contributed by atoms with Crippen molar-refractivity contribution in [1.82, 2.24) is 9.62 Å². The van der Waals surface area contributed by atoms with Crippen LogP contribution in [0.1, 0.15) is 56.6 Å². The third kappa shape index (κ3) is 3.95. The number of hydrogen-bond acceptors (Lipinski definition) is 4. The van der Waals surface area contributed by atoms with E-state index in [1.807, 2.05) is 27.7 Å². The lowest BCUT2D eigenvalue weighted by Gasteiger charge is -2.37. The van der Waals surface area contributed by atoms with Gasteiger partial charge in [-0.25, -0.2) is 8.42 Å². The average Bonchev–Trinajstić information content (AvgIpc) is 2.94. The Morgan fingerprint density at radius 2 is 1.96 bits per heavy atom. The maximum Gasteiger partial charge on any atom is 0.262 e. The lowest BCUT2D eigenvalue weighted by Crippen LogP contribution is -2.47. The SMILES string of the molecule is CC(C)CNC(=O)c1sccc1S(=O)(=O)N1[C@H](C)CCC[C@H]1C. The summed E-state index contributed by atoms with van der Waals surface area (Å²) in [4.78, 5) is 12.8. The molecule has 2 rings (SSSR count). The predicted octanol–water partition coefficient (Wildman–Crippen LogP) is 3.09. The zero-order valence-electron chi connectivity index (χ0n) is 14.2. The van der Waals surface area contributed by atoms with Gasteiger partial charge in [0.1, 0.15) is 9.77 Å². The first-order chi connectivity index (χ1) is 10.7. The van der Waals surface area contributed by atoms with Crippen molar-refractivity contribution in [3.05, 3.63) is 16.3 Å². The molecule has 5 nitrogen and oxygen atoms in total. The van der Waals surface area contributed by atoms with E-state index in [4.69, 9.17) is 0 Å². The highest BCUT2D eigenvalue weighted by atomic mass is 32.2. The molecule has 1 saturated heterocycles. The van der Waals surface area contributed by atoms with Gasteiger partial charge < -0.3 is 5.32 Å². The molecule has 1 fully saturated rings. The minimum atomic E-state index is -3.65. The predicted molar refractivity (Wildman–Crippen MR) is 93.3 cm³/mol.